The van der Waals surface area contributed by atoms with Crippen LogP contribution in [0.2, 0.25) is 5.02 Å². The van der Waals surface area contributed by atoms with Crippen LogP contribution in [0.5, 0.6) is 0 Å². The van der Waals surface area contributed by atoms with Crippen LogP contribution in [-0.4, -0.2) is 63.5 Å². The quantitative estimate of drug-likeness (QED) is 0.808. The van der Waals surface area contributed by atoms with Gasteiger partial charge in [0.1, 0.15) is 9.84 Å². The minimum Gasteiger partial charge on any atom is -0.368 e. The Morgan fingerprint density at radius 2 is 1.92 bits per heavy atom. The van der Waals surface area contributed by atoms with Crippen LogP contribution in [0, 0.1) is 0 Å². The number of piperazine rings is 1. The summed E-state index contributed by atoms with van der Waals surface area (Å²) in [6.07, 6.45) is 1.31. The van der Waals surface area contributed by atoms with Gasteiger partial charge in [0.15, 0.2) is 0 Å². The molecule has 1 amide bonds. The van der Waals surface area contributed by atoms with Crippen LogP contribution in [0.1, 0.15) is 6.42 Å². The molecule has 1 saturated heterocycles. The minimum atomic E-state index is -3.10. The molecule has 1 aromatic rings. The standard InChI is InChI=1S/C15H22ClN3O3S.ClH/c1-23(21,22)10-5-14(17)15(20)19-8-6-18(7-9-19)13-4-2-3-12(16)11-13;/h2-4,11,14H,5-10,17H2,1H3;1H. The summed E-state index contributed by atoms with van der Waals surface area (Å²) in [5, 5.41) is 0.684. The van der Waals surface area contributed by atoms with E-state index in [1.54, 1.807) is 4.90 Å². The molecule has 1 aromatic carbocycles. The third-order valence-corrected chi connectivity index (χ3v) is 5.09. The summed E-state index contributed by atoms with van der Waals surface area (Å²) in [6, 6.07) is 6.85. The van der Waals surface area contributed by atoms with Gasteiger partial charge >= 0.3 is 0 Å². The first-order chi connectivity index (χ1) is 10.8. The van der Waals surface area contributed by atoms with E-state index >= 15 is 0 Å². The summed E-state index contributed by atoms with van der Waals surface area (Å²) in [7, 11) is -3.10. The zero-order valence-corrected chi connectivity index (χ0v) is 15.9. The number of hydrogen-bond donors (Lipinski definition) is 1. The van der Waals surface area contributed by atoms with Crippen molar-refractivity contribution in [3.8, 4) is 0 Å². The van der Waals surface area contributed by atoms with Crippen LogP contribution in [0.25, 0.3) is 0 Å². The molecule has 0 spiro atoms. The number of nitrogens with zero attached hydrogens (tertiary/aromatic N) is 2. The zero-order chi connectivity index (χ0) is 17.0. The summed E-state index contributed by atoms with van der Waals surface area (Å²) >= 11 is 6.00. The van der Waals surface area contributed by atoms with E-state index in [0.29, 0.717) is 31.2 Å². The van der Waals surface area contributed by atoms with Crippen LogP contribution >= 0.6 is 24.0 Å². The van der Waals surface area contributed by atoms with Gasteiger partial charge < -0.3 is 15.5 Å². The van der Waals surface area contributed by atoms with Crippen molar-refractivity contribution >= 4 is 45.4 Å². The maximum absolute atomic E-state index is 12.3. The van der Waals surface area contributed by atoms with E-state index in [4.69, 9.17) is 17.3 Å². The molecule has 2 N–H and O–H groups in total. The second-order valence-electron chi connectivity index (χ2n) is 5.82. The largest absolute Gasteiger partial charge is 0.368 e. The molecule has 0 aliphatic carbocycles. The van der Waals surface area contributed by atoms with Crippen LogP contribution < -0.4 is 10.6 Å². The smallest absolute Gasteiger partial charge is 0.239 e. The molecule has 9 heteroatoms. The molecule has 0 radical (unpaired) electrons. The van der Waals surface area contributed by atoms with Crippen molar-refractivity contribution in [3.05, 3.63) is 29.3 Å². The first-order valence-corrected chi connectivity index (χ1v) is 9.93. The van der Waals surface area contributed by atoms with Crippen molar-refractivity contribution in [3.63, 3.8) is 0 Å². The normalized spacial score (nSPS) is 16.5. The van der Waals surface area contributed by atoms with Gasteiger partial charge in [-0.25, -0.2) is 8.42 Å². The van der Waals surface area contributed by atoms with E-state index in [2.05, 4.69) is 4.90 Å². The molecule has 2 rings (SSSR count). The van der Waals surface area contributed by atoms with Crippen LogP contribution in [0.4, 0.5) is 5.69 Å². The molecule has 1 atom stereocenters. The molecule has 1 aliphatic rings. The Bertz CT molecular complexity index is 662. The van der Waals surface area contributed by atoms with E-state index in [-0.39, 0.29) is 30.5 Å². The third-order valence-electron chi connectivity index (χ3n) is 3.88. The topological polar surface area (TPSA) is 83.7 Å². The second kappa shape index (κ2) is 8.89. The fourth-order valence-corrected chi connectivity index (χ4v) is 3.42. The average molecular weight is 396 g/mol. The van der Waals surface area contributed by atoms with E-state index < -0.39 is 15.9 Å². The lowest BCUT2D eigenvalue weighted by Crippen LogP contribution is -2.53. The van der Waals surface area contributed by atoms with Crippen molar-refractivity contribution < 1.29 is 13.2 Å². The number of halogens is 2. The Kier molecular flexibility index (Phi) is 7.79. The van der Waals surface area contributed by atoms with Crippen molar-refractivity contribution in [1.29, 1.82) is 0 Å². The number of carbonyl (C=O) groups excluding carboxylic acids is 1. The molecule has 0 aromatic heterocycles. The van der Waals surface area contributed by atoms with E-state index in [1.165, 1.54) is 0 Å². The second-order valence-corrected chi connectivity index (χ2v) is 8.51. The minimum absolute atomic E-state index is 0. The van der Waals surface area contributed by atoms with Gasteiger partial charge in [-0.15, -0.1) is 12.4 Å². The Hall–Kier alpha value is -1.02. The van der Waals surface area contributed by atoms with Gasteiger partial charge in [-0.1, -0.05) is 17.7 Å². The first-order valence-electron chi connectivity index (χ1n) is 7.49. The summed E-state index contributed by atoms with van der Waals surface area (Å²) in [5.74, 6) is -0.248. The molecule has 1 aliphatic heterocycles. The first kappa shape index (κ1) is 21.0. The zero-order valence-electron chi connectivity index (χ0n) is 13.5. The van der Waals surface area contributed by atoms with Crippen LogP contribution in [0.3, 0.4) is 0 Å². The van der Waals surface area contributed by atoms with Gasteiger partial charge in [0.2, 0.25) is 5.91 Å². The van der Waals surface area contributed by atoms with Gasteiger partial charge in [0.25, 0.3) is 0 Å². The number of rotatable bonds is 5. The number of nitrogens with two attached hydrogens (primary N) is 1. The molecule has 24 heavy (non-hydrogen) atoms. The maximum atomic E-state index is 12.3. The summed E-state index contributed by atoms with van der Waals surface area (Å²) in [4.78, 5) is 16.1. The van der Waals surface area contributed by atoms with E-state index in [0.717, 1.165) is 11.9 Å². The summed E-state index contributed by atoms with van der Waals surface area (Å²) in [5.41, 5.74) is 6.87. The Morgan fingerprint density at radius 1 is 1.29 bits per heavy atom. The van der Waals surface area contributed by atoms with Crippen molar-refractivity contribution in [2.24, 2.45) is 5.73 Å². The molecule has 1 unspecified atom stereocenters. The van der Waals surface area contributed by atoms with Crippen molar-refractivity contribution in [2.75, 3.05) is 43.1 Å². The molecule has 0 bridgehead atoms. The predicted molar refractivity (Wildman–Crippen MR) is 99.8 cm³/mol. The molecule has 6 nitrogen and oxygen atoms in total. The molecular formula is C15H23Cl2N3O3S. The fraction of sp³-hybridized carbons (Fsp3) is 0.533. The highest BCUT2D eigenvalue weighted by Crippen LogP contribution is 2.21. The van der Waals surface area contributed by atoms with Gasteiger partial charge in [0.05, 0.1) is 11.8 Å². The molecular weight excluding hydrogens is 373 g/mol. The number of carbonyl (C=O) groups is 1. The van der Waals surface area contributed by atoms with Gasteiger partial charge in [-0.3, -0.25) is 4.79 Å². The number of anilines is 1. The van der Waals surface area contributed by atoms with Crippen LogP contribution in [0.15, 0.2) is 24.3 Å². The fourth-order valence-electron chi connectivity index (χ4n) is 2.56. The highest BCUT2D eigenvalue weighted by Gasteiger charge is 2.26. The van der Waals surface area contributed by atoms with Crippen molar-refractivity contribution in [2.45, 2.75) is 12.5 Å². The number of benzene rings is 1. The highest BCUT2D eigenvalue weighted by molar-refractivity contribution is 7.90. The molecule has 1 fully saturated rings. The molecule has 1 heterocycles. The summed E-state index contributed by atoms with van der Waals surface area (Å²) in [6.45, 7) is 2.53. The summed E-state index contributed by atoms with van der Waals surface area (Å²) < 4.78 is 22.3. The SMILES string of the molecule is CS(=O)(=O)CCC(N)C(=O)N1CCN(c2cccc(Cl)c2)CC1.Cl. The van der Waals surface area contributed by atoms with Gasteiger partial charge in [-0.05, 0) is 24.6 Å². The monoisotopic (exact) mass is 395 g/mol. The predicted octanol–water partition coefficient (Wildman–Crippen LogP) is 1.17. The maximum Gasteiger partial charge on any atom is 0.239 e. The lowest BCUT2D eigenvalue weighted by Gasteiger charge is -2.37. The highest BCUT2D eigenvalue weighted by atomic mass is 35.5. The molecule has 136 valence electrons. The Balaban J connectivity index is 0.00000288. The number of hydrogen-bond acceptors (Lipinski definition) is 5. The Morgan fingerprint density at radius 3 is 2.46 bits per heavy atom. The van der Waals surface area contributed by atoms with E-state index in [1.807, 2.05) is 24.3 Å². The third kappa shape index (κ3) is 6.12. The molecule has 0 saturated carbocycles. The lowest BCUT2D eigenvalue weighted by molar-refractivity contribution is -0.132. The van der Waals surface area contributed by atoms with Crippen LogP contribution in [-0.2, 0) is 14.6 Å². The Labute approximate surface area is 154 Å². The van der Waals surface area contributed by atoms with Crippen molar-refractivity contribution in [1.82, 2.24) is 4.90 Å². The van der Waals surface area contributed by atoms with Gasteiger partial charge in [-0.2, -0.15) is 0 Å². The lowest BCUT2D eigenvalue weighted by atomic mass is 10.2. The average Bonchev–Trinajstić information content (AvgIpc) is 2.51. The van der Waals surface area contributed by atoms with Gasteiger partial charge in [0, 0.05) is 43.1 Å². The van der Waals surface area contributed by atoms with E-state index in [9.17, 15) is 13.2 Å². The number of amides is 1. The number of sulfone groups is 1.